The highest BCUT2D eigenvalue weighted by Gasteiger charge is 2.21. The molecule has 0 aliphatic carbocycles. The Balaban J connectivity index is 1.26. The van der Waals surface area contributed by atoms with Gasteiger partial charge in [-0.2, -0.15) is 20.7 Å². The molecule has 0 amide bonds. The van der Waals surface area contributed by atoms with Crippen molar-refractivity contribution in [2.75, 3.05) is 13.1 Å². The van der Waals surface area contributed by atoms with Crippen LogP contribution in [0.5, 0.6) is 0 Å². The molecule has 0 radical (unpaired) electrons. The smallest absolute Gasteiger partial charge is 0.285 e. The maximum absolute atomic E-state index is 13.5. The number of nitriles is 2. The van der Waals surface area contributed by atoms with Gasteiger partial charge in [-0.1, -0.05) is 121 Å². The molecule has 228 valence electrons. The van der Waals surface area contributed by atoms with Crippen LogP contribution >= 0.6 is 0 Å². The molecule has 0 aliphatic rings. The lowest BCUT2D eigenvalue weighted by atomic mass is 9.96. The standard InChI is InChI=1S/C38H29N7O2/c39-25-31-33(27-13-5-1-6-14-27)35(29-17-9-3-10-18-29)42-44(37(31)46)23-21-41-22-24-45-38(47)32(26-40)34(28-15-7-2-8-16-28)36(43-45)30-19-11-4-12-20-30/h1-20,41H,21-24H2. The third kappa shape index (κ3) is 6.38. The first-order valence-electron chi connectivity index (χ1n) is 15.1. The molecule has 0 unspecified atom stereocenters. The highest BCUT2D eigenvalue weighted by atomic mass is 16.1. The minimum absolute atomic E-state index is 0.0248. The van der Waals surface area contributed by atoms with Crippen LogP contribution in [0.2, 0.25) is 0 Å². The van der Waals surface area contributed by atoms with Gasteiger partial charge in [-0.3, -0.25) is 9.59 Å². The lowest BCUT2D eigenvalue weighted by molar-refractivity contribution is 0.494. The van der Waals surface area contributed by atoms with E-state index in [1.165, 1.54) is 9.36 Å². The van der Waals surface area contributed by atoms with Crippen LogP contribution in [0, 0.1) is 22.7 Å². The van der Waals surface area contributed by atoms with E-state index in [9.17, 15) is 20.1 Å². The molecule has 9 nitrogen and oxygen atoms in total. The van der Waals surface area contributed by atoms with Crippen LogP contribution in [0.15, 0.2) is 131 Å². The van der Waals surface area contributed by atoms with Crippen LogP contribution in [0.4, 0.5) is 0 Å². The number of benzene rings is 4. The van der Waals surface area contributed by atoms with Gasteiger partial charge in [-0.05, 0) is 11.1 Å². The Labute approximate surface area is 271 Å². The molecule has 2 heterocycles. The zero-order chi connectivity index (χ0) is 32.6. The molecule has 0 spiro atoms. The third-order valence-corrected chi connectivity index (χ3v) is 7.76. The third-order valence-electron chi connectivity index (χ3n) is 7.76. The molecule has 4 aromatic carbocycles. The summed E-state index contributed by atoms with van der Waals surface area (Å²) in [6.45, 7) is 1.06. The van der Waals surface area contributed by atoms with Crippen molar-refractivity contribution in [3.05, 3.63) is 153 Å². The van der Waals surface area contributed by atoms with Gasteiger partial charge in [0, 0.05) is 35.3 Å². The number of hydrogen-bond donors (Lipinski definition) is 1. The molecule has 0 bridgehead atoms. The highest BCUT2D eigenvalue weighted by molar-refractivity contribution is 5.85. The lowest BCUT2D eigenvalue weighted by Gasteiger charge is -2.16. The average Bonchev–Trinajstić information content (AvgIpc) is 3.13. The monoisotopic (exact) mass is 615 g/mol. The van der Waals surface area contributed by atoms with E-state index in [0.29, 0.717) is 35.6 Å². The summed E-state index contributed by atoms with van der Waals surface area (Å²) in [5, 5.41) is 32.9. The second-order valence-corrected chi connectivity index (χ2v) is 10.7. The van der Waals surface area contributed by atoms with Gasteiger partial charge in [-0.25, -0.2) is 9.36 Å². The Morgan fingerprint density at radius 3 is 1.15 bits per heavy atom. The van der Waals surface area contributed by atoms with E-state index in [0.717, 1.165) is 22.3 Å². The van der Waals surface area contributed by atoms with Crippen LogP contribution in [0.1, 0.15) is 11.1 Å². The number of rotatable bonds is 10. The predicted octanol–water partition coefficient (Wildman–Crippen LogP) is 5.50. The molecule has 0 atom stereocenters. The lowest BCUT2D eigenvalue weighted by Crippen LogP contribution is -2.34. The zero-order valence-corrected chi connectivity index (χ0v) is 25.4. The summed E-state index contributed by atoms with van der Waals surface area (Å²) < 4.78 is 2.61. The van der Waals surface area contributed by atoms with Gasteiger partial charge in [0.15, 0.2) is 0 Å². The van der Waals surface area contributed by atoms with Gasteiger partial charge < -0.3 is 5.32 Å². The first-order valence-corrected chi connectivity index (χ1v) is 15.1. The summed E-state index contributed by atoms with van der Waals surface area (Å²) in [6.07, 6.45) is 0. The van der Waals surface area contributed by atoms with Crippen LogP contribution in [0.25, 0.3) is 44.8 Å². The van der Waals surface area contributed by atoms with Crippen molar-refractivity contribution in [3.63, 3.8) is 0 Å². The largest absolute Gasteiger partial charge is 0.313 e. The molecule has 0 aliphatic heterocycles. The van der Waals surface area contributed by atoms with Crippen molar-refractivity contribution in [1.82, 2.24) is 24.9 Å². The summed E-state index contributed by atoms with van der Waals surface area (Å²) in [4.78, 5) is 26.9. The van der Waals surface area contributed by atoms with E-state index in [4.69, 9.17) is 10.2 Å². The molecule has 0 fully saturated rings. The Hall–Kier alpha value is -6.42. The first kappa shape index (κ1) is 30.6. The fourth-order valence-electron chi connectivity index (χ4n) is 5.51. The molecule has 9 heteroatoms. The fourth-order valence-corrected chi connectivity index (χ4v) is 5.51. The van der Waals surface area contributed by atoms with Gasteiger partial charge in [0.05, 0.1) is 13.1 Å². The molecule has 0 saturated heterocycles. The van der Waals surface area contributed by atoms with Gasteiger partial charge in [0.25, 0.3) is 11.1 Å². The SMILES string of the molecule is N#Cc1c(-c2ccccc2)c(-c2ccccc2)nn(CCNCCn2nc(-c3ccccc3)c(-c3ccccc3)c(C#N)c2=O)c1=O. The van der Waals surface area contributed by atoms with Gasteiger partial charge >= 0.3 is 0 Å². The summed E-state index contributed by atoms with van der Waals surface area (Å²) in [5.74, 6) is 0. The molecule has 6 aromatic rings. The molecule has 6 rings (SSSR count). The van der Waals surface area contributed by atoms with E-state index in [2.05, 4.69) is 17.5 Å². The zero-order valence-electron chi connectivity index (χ0n) is 25.4. The van der Waals surface area contributed by atoms with Crippen molar-refractivity contribution >= 4 is 0 Å². The fraction of sp³-hybridized carbons (Fsp3) is 0.105. The predicted molar refractivity (Wildman–Crippen MR) is 181 cm³/mol. The molecular formula is C38H29N7O2. The summed E-state index contributed by atoms with van der Waals surface area (Å²) in [6, 6.07) is 41.8. The van der Waals surface area contributed by atoms with E-state index in [-0.39, 0.29) is 24.2 Å². The van der Waals surface area contributed by atoms with E-state index < -0.39 is 11.1 Å². The summed E-state index contributed by atoms with van der Waals surface area (Å²) in [7, 11) is 0. The Kier molecular flexibility index (Phi) is 9.20. The number of aromatic nitrogens is 4. The Morgan fingerprint density at radius 1 is 0.511 bits per heavy atom. The van der Waals surface area contributed by atoms with Crippen molar-refractivity contribution in [2.24, 2.45) is 0 Å². The van der Waals surface area contributed by atoms with Crippen molar-refractivity contribution in [2.45, 2.75) is 13.1 Å². The van der Waals surface area contributed by atoms with Crippen molar-refractivity contribution < 1.29 is 0 Å². The molecule has 1 N–H and O–H groups in total. The quantitative estimate of drug-likeness (QED) is 0.202. The van der Waals surface area contributed by atoms with E-state index in [1.807, 2.05) is 121 Å². The molecular weight excluding hydrogens is 586 g/mol. The van der Waals surface area contributed by atoms with Gasteiger partial charge in [-0.15, -0.1) is 0 Å². The maximum atomic E-state index is 13.5. The van der Waals surface area contributed by atoms with Crippen LogP contribution in [-0.4, -0.2) is 32.7 Å². The molecule has 47 heavy (non-hydrogen) atoms. The normalized spacial score (nSPS) is 10.7. The van der Waals surface area contributed by atoms with Gasteiger partial charge in [0.2, 0.25) is 0 Å². The summed E-state index contributed by atoms with van der Waals surface area (Å²) in [5.41, 5.74) is 4.23. The van der Waals surface area contributed by atoms with Crippen LogP contribution < -0.4 is 16.4 Å². The van der Waals surface area contributed by atoms with Crippen molar-refractivity contribution in [1.29, 1.82) is 10.5 Å². The Bertz CT molecular complexity index is 2060. The minimum Gasteiger partial charge on any atom is -0.313 e. The molecule has 2 aromatic heterocycles. The highest BCUT2D eigenvalue weighted by Crippen LogP contribution is 2.32. The van der Waals surface area contributed by atoms with Gasteiger partial charge in [0.1, 0.15) is 34.7 Å². The second kappa shape index (κ2) is 14.1. The molecule has 0 saturated carbocycles. The van der Waals surface area contributed by atoms with E-state index in [1.54, 1.807) is 0 Å². The second-order valence-electron chi connectivity index (χ2n) is 10.7. The first-order chi connectivity index (χ1) is 23.1. The topological polar surface area (TPSA) is 129 Å². The van der Waals surface area contributed by atoms with E-state index >= 15 is 0 Å². The number of hydrogen-bond acceptors (Lipinski definition) is 7. The average molecular weight is 616 g/mol. The number of nitrogens with zero attached hydrogens (tertiary/aromatic N) is 6. The maximum Gasteiger partial charge on any atom is 0.285 e. The number of nitrogens with one attached hydrogen (secondary N) is 1. The Morgan fingerprint density at radius 2 is 0.830 bits per heavy atom. The van der Waals surface area contributed by atoms with Crippen LogP contribution in [-0.2, 0) is 13.1 Å². The minimum atomic E-state index is -0.478. The van der Waals surface area contributed by atoms with Crippen LogP contribution in [0.3, 0.4) is 0 Å². The summed E-state index contributed by atoms with van der Waals surface area (Å²) >= 11 is 0. The van der Waals surface area contributed by atoms with Crippen molar-refractivity contribution in [3.8, 4) is 56.9 Å².